The zero-order valence-corrected chi connectivity index (χ0v) is 12.4. The minimum absolute atomic E-state index is 0.243. The average Bonchev–Trinajstić information content (AvgIpc) is 2.43. The molecule has 2 heteroatoms. The van der Waals surface area contributed by atoms with Crippen molar-refractivity contribution in [2.45, 2.75) is 45.4 Å². The highest BCUT2D eigenvalue weighted by molar-refractivity contribution is 5.66. The molecular weight excluding hydrogens is 248 g/mol. The van der Waals surface area contributed by atoms with E-state index in [1.807, 2.05) is 30.4 Å². The summed E-state index contributed by atoms with van der Waals surface area (Å²) < 4.78 is 0. The second-order valence-corrected chi connectivity index (χ2v) is 4.41. The van der Waals surface area contributed by atoms with E-state index in [1.54, 1.807) is 0 Å². The van der Waals surface area contributed by atoms with E-state index in [9.17, 15) is 4.79 Å². The normalized spacial score (nSPS) is 12.8. The Morgan fingerprint density at radius 2 is 1.40 bits per heavy atom. The molecule has 0 rings (SSSR count). The molecular formula is C18H26O2. The third-order valence-electron chi connectivity index (χ3n) is 2.48. The van der Waals surface area contributed by atoms with Crippen LogP contribution in [0.25, 0.3) is 0 Å². The Labute approximate surface area is 122 Å². The van der Waals surface area contributed by atoms with Gasteiger partial charge < -0.3 is 5.11 Å². The molecule has 0 aliphatic rings. The van der Waals surface area contributed by atoms with Crippen molar-refractivity contribution in [3.05, 3.63) is 60.8 Å². The Morgan fingerprint density at radius 3 is 2.05 bits per heavy atom. The molecule has 0 aromatic carbocycles. The quantitative estimate of drug-likeness (QED) is 0.414. The number of hydrogen-bond acceptors (Lipinski definition) is 1. The summed E-state index contributed by atoms with van der Waals surface area (Å²) in [7, 11) is 0. The second kappa shape index (κ2) is 15.2. The summed E-state index contributed by atoms with van der Waals surface area (Å²) in [6.07, 6.45) is 25.5. The first kappa shape index (κ1) is 18.2. The van der Waals surface area contributed by atoms with Crippen LogP contribution in [0, 0.1) is 0 Å². The Hall–Kier alpha value is -1.83. The number of unbranched alkanes of at least 4 members (excludes halogenated alkanes) is 2. The van der Waals surface area contributed by atoms with Gasteiger partial charge in [0.2, 0.25) is 0 Å². The molecule has 0 amide bonds. The number of carboxylic acid groups (broad SMARTS) is 1. The Kier molecular flexibility index (Phi) is 13.8. The molecule has 0 saturated heterocycles. The van der Waals surface area contributed by atoms with Gasteiger partial charge in [0.25, 0.3) is 0 Å². The van der Waals surface area contributed by atoms with E-state index in [4.69, 9.17) is 5.11 Å². The largest absolute Gasteiger partial charge is 0.481 e. The van der Waals surface area contributed by atoms with E-state index >= 15 is 0 Å². The average molecular weight is 274 g/mol. The third-order valence-corrected chi connectivity index (χ3v) is 2.48. The number of carbonyl (C=O) groups is 1. The summed E-state index contributed by atoms with van der Waals surface area (Å²) in [5.74, 6) is -0.727. The fourth-order valence-electron chi connectivity index (χ4n) is 1.41. The number of aliphatic carboxylic acids is 1. The van der Waals surface area contributed by atoms with Crippen LogP contribution >= 0.6 is 0 Å². The van der Waals surface area contributed by atoms with E-state index in [2.05, 4.69) is 37.3 Å². The maximum absolute atomic E-state index is 10.3. The van der Waals surface area contributed by atoms with Gasteiger partial charge in [-0.05, 0) is 25.7 Å². The van der Waals surface area contributed by atoms with Gasteiger partial charge in [-0.2, -0.15) is 0 Å². The summed E-state index contributed by atoms with van der Waals surface area (Å²) in [4.78, 5) is 10.3. The lowest BCUT2D eigenvalue weighted by atomic mass is 10.2. The number of rotatable bonds is 11. The molecule has 0 saturated carbocycles. The van der Waals surface area contributed by atoms with E-state index in [-0.39, 0.29) is 6.42 Å². The topological polar surface area (TPSA) is 37.3 Å². The molecule has 1 N–H and O–H groups in total. The van der Waals surface area contributed by atoms with Gasteiger partial charge in [-0.3, -0.25) is 4.79 Å². The highest BCUT2D eigenvalue weighted by Gasteiger charge is 1.92. The summed E-state index contributed by atoms with van der Waals surface area (Å²) in [5, 5.41) is 8.46. The van der Waals surface area contributed by atoms with Gasteiger partial charge in [0.15, 0.2) is 0 Å². The van der Waals surface area contributed by atoms with Crippen LogP contribution in [0.1, 0.15) is 45.4 Å². The van der Waals surface area contributed by atoms with Crippen molar-refractivity contribution in [2.24, 2.45) is 0 Å². The highest BCUT2D eigenvalue weighted by atomic mass is 16.4. The van der Waals surface area contributed by atoms with Crippen molar-refractivity contribution in [2.75, 3.05) is 0 Å². The Balaban J connectivity index is 3.56. The minimum atomic E-state index is -0.727. The maximum atomic E-state index is 10.3. The van der Waals surface area contributed by atoms with E-state index in [0.29, 0.717) is 6.42 Å². The van der Waals surface area contributed by atoms with Crippen LogP contribution < -0.4 is 0 Å². The van der Waals surface area contributed by atoms with Crippen molar-refractivity contribution >= 4 is 5.97 Å². The zero-order valence-electron chi connectivity index (χ0n) is 12.4. The van der Waals surface area contributed by atoms with Gasteiger partial charge in [-0.1, -0.05) is 74.1 Å². The first-order valence-corrected chi connectivity index (χ1v) is 7.29. The molecule has 0 fully saturated rings. The molecule has 0 aromatic rings. The summed E-state index contributed by atoms with van der Waals surface area (Å²) >= 11 is 0. The molecule has 0 aromatic heterocycles. The minimum Gasteiger partial charge on any atom is -0.481 e. The molecule has 0 radical (unpaired) electrons. The molecule has 20 heavy (non-hydrogen) atoms. The van der Waals surface area contributed by atoms with Crippen LogP contribution in [0.15, 0.2) is 60.8 Å². The highest BCUT2D eigenvalue weighted by Crippen LogP contribution is 1.97. The van der Waals surface area contributed by atoms with Crippen LogP contribution in [-0.2, 0) is 4.79 Å². The fourth-order valence-corrected chi connectivity index (χ4v) is 1.41. The van der Waals surface area contributed by atoms with Gasteiger partial charge >= 0.3 is 5.97 Å². The summed E-state index contributed by atoms with van der Waals surface area (Å²) in [6, 6.07) is 0. The van der Waals surface area contributed by atoms with E-state index in [0.717, 1.165) is 19.3 Å². The van der Waals surface area contributed by atoms with Crippen LogP contribution in [0.2, 0.25) is 0 Å². The SMILES string of the molecule is CCC/C=C/C=C/C/C=C/C=C/C=C/CCCC(=O)O. The molecule has 0 aliphatic heterocycles. The van der Waals surface area contributed by atoms with Gasteiger partial charge in [-0.25, -0.2) is 0 Å². The second-order valence-electron chi connectivity index (χ2n) is 4.41. The van der Waals surface area contributed by atoms with Crippen molar-refractivity contribution in [1.82, 2.24) is 0 Å². The lowest BCUT2D eigenvalue weighted by Crippen LogP contribution is -1.92. The van der Waals surface area contributed by atoms with Crippen molar-refractivity contribution in [3.8, 4) is 0 Å². The molecule has 2 nitrogen and oxygen atoms in total. The molecule has 0 atom stereocenters. The van der Waals surface area contributed by atoms with Crippen molar-refractivity contribution < 1.29 is 9.90 Å². The van der Waals surface area contributed by atoms with Crippen LogP contribution in [0.4, 0.5) is 0 Å². The van der Waals surface area contributed by atoms with Crippen molar-refractivity contribution in [3.63, 3.8) is 0 Å². The molecule has 110 valence electrons. The standard InChI is InChI=1S/C18H26O2/c1-2-3-4-5-6-7-8-9-10-11-12-13-14-15-16-17-18(19)20/h4-7,9-14H,2-3,8,15-17H2,1H3,(H,19,20)/b5-4+,7-6+,10-9+,12-11+,14-13+. The van der Waals surface area contributed by atoms with Crippen LogP contribution in [-0.4, -0.2) is 11.1 Å². The molecule has 0 spiro atoms. The fraction of sp³-hybridized carbons (Fsp3) is 0.389. The van der Waals surface area contributed by atoms with Gasteiger partial charge in [0, 0.05) is 6.42 Å². The zero-order chi connectivity index (χ0) is 14.9. The first-order valence-electron chi connectivity index (χ1n) is 7.29. The summed E-state index contributed by atoms with van der Waals surface area (Å²) in [5.41, 5.74) is 0. The van der Waals surface area contributed by atoms with Crippen LogP contribution in [0.5, 0.6) is 0 Å². The van der Waals surface area contributed by atoms with Crippen LogP contribution in [0.3, 0.4) is 0 Å². The van der Waals surface area contributed by atoms with E-state index in [1.165, 1.54) is 6.42 Å². The van der Waals surface area contributed by atoms with Crippen molar-refractivity contribution in [1.29, 1.82) is 0 Å². The van der Waals surface area contributed by atoms with Gasteiger partial charge in [0.05, 0.1) is 0 Å². The first-order chi connectivity index (χ1) is 9.77. The number of hydrogen-bond donors (Lipinski definition) is 1. The van der Waals surface area contributed by atoms with Gasteiger partial charge in [0.1, 0.15) is 0 Å². The third kappa shape index (κ3) is 16.2. The smallest absolute Gasteiger partial charge is 0.303 e. The molecule has 0 unspecified atom stereocenters. The Bertz CT molecular complexity index is 371. The lowest BCUT2D eigenvalue weighted by molar-refractivity contribution is -0.137. The predicted octanol–water partition coefficient (Wildman–Crippen LogP) is 5.21. The Morgan fingerprint density at radius 1 is 0.850 bits per heavy atom. The monoisotopic (exact) mass is 274 g/mol. The van der Waals surface area contributed by atoms with Gasteiger partial charge in [-0.15, -0.1) is 0 Å². The van der Waals surface area contributed by atoms with E-state index < -0.39 is 5.97 Å². The number of carboxylic acids is 1. The lowest BCUT2D eigenvalue weighted by Gasteiger charge is -1.88. The summed E-state index contributed by atoms with van der Waals surface area (Å²) in [6.45, 7) is 2.17. The number of allylic oxidation sites excluding steroid dienone is 10. The molecule has 0 aliphatic carbocycles. The molecule has 0 bridgehead atoms. The predicted molar refractivity (Wildman–Crippen MR) is 86.7 cm³/mol. The molecule has 0 heterocycles. The maximum Gasteiger partial charge on any atom is 0.303 e.